The van der Waals surface area contributed by atoms with Crippen LogP contribution in [-0.4, -0.2) is 33.7 Å². The standard InChI is InChI=1S/C5H16N2P2S/c1-6-8(2,3)7-9(4,5)10/h10H,1-5H3. The molecule has 0 fully saturated rings. The molecule has 0 aromatic rings. The number of rotatable bonds is 1. The van der Waals surface area contributed by atoms with E-state index in [4.69, 9.17) is 0 Å². The molecular formula is C5H16N2P2S. The Morgan fingerprint density at radius 3 is 1.60 bits per heavy atom. The van der Waals surface area contributed by atoms with Crippen molar-refractivity contribution >= 4 is 25.7 Å². The lowest BCUT2D eigenvalue weighted by molar-refractivity contribution is 1.47. The van der Waals surface area contributed by atoms with Gasteiger partial charge >= 0.3 is 0 Å². The summed E-state index contributed by atoms with van der Waals surface area (Å²) >= 11 is 4.41. The van der Waals surface area contributed by atoms with Gasteiger partial charge in [-0.05, 0) is 26.7 Å². The topological polar surface area (TPSA) is 24.7 Å². The minimum absolute atomic E-state index is 1.28. The van der Waals surface area contributed by atoms with E-state index in [0.29, 0.717) is 0 Å². The van der Waals surface area contributed by atoms with Crippen molar-refractivity contribution < 1.29 is 0 Å². The Labute approximate surface area is 69.1 Å². The summed E-state index contributed by atoms with van der Waals surface area (Å²) in [5.74, 6) is 0. The number of thiol groups is 1. The van der Waals surface area contributed by atoms with Crippen LogP contribution in [0.2, 0.25) is 0 Å². The van der Waals surface area contributed by atoms with Crippen molar-refractivity contribution in [3.05, 3.63) is 0 Å². The summed E-state index contributed by atoms with van der Waals surface area (Å²) < 4.78 is 8.81. The van der Waals surface area contributed by atoms with Crippen LogP contribution >= 0.6 is 25.7 Å². The van der Waals surface area contributed by atoms with Gasteiger partial charge in [-0.2, -0.15) is 0 Å². The van der Waals surface area contributed by atoms with Gasteiger partial charge in [0.25, 0.3) is 0 Å². The predicted octanol–water partition coefficient (Wildman–Crippen LogP) is 3.30. The van der Waals surface area contributed by atoms with Crippen LogP contribution in [0.3, 0.4) is 0 Å². The summed E-state index contributed by atoms with van der Waals surface area (Å²) in [6.07, 6.45) is -1.28. The zero-order chi connectivity index (χ0) is 8.41. The summed E-state index contributed by atoms with van der Waals surface area (Å²) in [6, 6.07) is 0. The third-order valence-electron chi connectivity index (χ3n) is 0.927. The maximum Gasteiger partial charge on any atom is 0.0672 e. The van der Waals surface area contributed by atoms with Gasteiger partial charge in [0.1, 0.15) is 0 Å². The summed E-state index contributed by atoms with van der Waals surface area (Å²) in [5, 5.41) is 0. The molecule has 0 spiro atoms. The molecule has 0 saturated carbocycles. The normalized spacial score (nSPS) is 13.0. The monoisotopic (exact) mass is 198 g/mol. The quantitative estimate of drug-likeness (QED) is 0.494. The zero-order valence-corrected chi connectivity index (χ0v) is 9.92. The summed E-state index contributed by atoms with van der Waals surface area (Å²) in [6.45, 7) is 8.38. The summed E-state index contributed by atoms with van der Waals surface area (Å²) in [5.41, 5.74) is 0. The first-order chi connectivity index (χ1) is 4.27. The maximum absolute atomic E-state index is 4.58. The van der Waals surface area contributed by atoms with Crippen LogP contribution in [0.4, 0.5) is 0 Å². The van der Waals surface area contributed by atoms with Gasteiger partial charge in [-0.1, -0.05) is 0 Å². The Hall–Kier alpha value is 0.810. The average molecular weight is 198 g/mol. The Kier molecular flexibility index (Phi) is 3.75. The van der Waals surface area contributed by atoms with Crippen LogP contribution in [0.1, 0.15) is 0 Å². The van der Waals surface area contributed by atoms with Crippen LogP contribution < -0.4 is 0 Å². The van der Waals surface area contributed by atoms with E-state index in [9.17, 15) is 0 Å². The van der Waals surface area contributed by atoms with Gasteiger partial charge in [-0.3, -0.25) is 9.26 Å². The van der Waals surface area contributed by atoms with Crippen molar-refractivity contribution in [2.75, 3.05) is 33.7 Å². The zero-order valence-electron chi connectivity index (χ0n) is 7.24. The van der Waals surface area contributed by atoms with Gasteiger partial charge in [0.2, 0.25) is 0 Å². The minimum atomic E-state index is -1.32. The molecule has 0 unspecified atom stereocenters. The van der Waals surface area contributed by atoms with Crippen LogP contribution in [0.25, 0.3) is 0 Å². The van der Waals surface area contributed by atoms with E-state index in [1.165, 1.54) is 0 Å². The van der Waals surface area contributed by atoms with Crippen molar-refractivity contribution in [3.8, 4) is 0 Å². The molecule has 5 heteroatoms. The highest BCUT2D eigenvalue weighted by Gasteiger charge is 2.04. The third kappa shape index (κ3) is 5.58. The predicted molar refractivity (Wildman–Crippen MR) is 57.3 cm³/mol. The van der Waals surface area contributed by atoms with Crippen molar-refractivity contribution in [1.82, 2.24) is 0 Å². The van der Waals surface area contributed by atoms with Gasteiger partial charge in [0.15, 0.2) is 0 Å². The molecule has 0 aromatic carbocycles. The molecular weight excluding hydrogens is 182 g/mol. The lowest BCUT2D eigenvalue weighted by Crippen LogP contribution is -1.69. The molecule has 0 saturated heterocycles. The highest BCUT2D eigenvalue weighted by atomic mass is 32.7. The number of nitrogens with zero attached hydrogens (tertiary/aromatic N) is 2. The number of hydrogen-bond acceptors (Lipinski definition) is 1. The fourth-order valence-electron chi connectivity index (χ4n) is 0.576. The molecule has 2 nitrogen and oxygen atoms in total. The van der Waals surface area contributed by atoms with Gasteiger partial charge in [0, 0.05) is 13.3 Å². The Bertz CT molecular complexity index is 201. The molecule has 0 amide bonds. The van der Waals surface area contributed by atoms with E-state index in [2.05, 4.69) is 48.2 Å². The molecule has 0 heterocycles. The van der Waals surface area contributed by atoms with E-state index >= 15 is 0 Å². The van der Waals surface area contributed by atoms with E-state index < -0.39 is 13.5 Å². The van der Waals surface area contributed by atoms with E-state index in [0.717, 1.165) is 0 Å². The van der Waals surface area contributed by atoms with Crippen molar-refractivity contribution in [1.29, 1.82) is 0 Å². The van der Waals surface area contributed by atoms with Crippen molar-refractivity contribution in [2.24, 2.45) is 9.26 Å². The molecule has 0 bridgehead atoms. The first-order valence-electron chi connectivity index (χ1n) is 3.04. The van der Waals surface area contributed by atoms with Crippen LogP contribution in [0, 0.1) is 0 Å². The second-order valence-electron chi connectivity index (χ2n) is 2.96. The highest BCUT2D eigenvalue weighted by Crippen LogP contribution is 2.58. The van der Waals surface area contributed by atoms with Crippen LogP contribution in [0.15, 0.2) is 9.26 Å². The van der Waals surface area contributed by atoms with E-state index in [1.807, 2.05) is 7.05 Å². The maximum atomic E-state index is 4.58. The first-order valence-corrected chi connectivity index (χ1v) is 9.41. The lowest BCUT2D eigenvalue weighted by atomic mass is 11.6. The molecule has 0 rings (SSSR count). The first kappa shape index (κ1) is 10.8. The molecule has 10 heavy (non-hydrogen) atoms. The molecule has 0 N–H and O–H groups in total. The van der Waals surface area contributed by atoms with Crippen LogP contribution in [-0.2, 0) is 0 Å². The average Bonchev–Trinajstić information content (AvgIpc) is 1.60. The largest absolute Gasteiger partial charge is 0.285 e. The Morgan fingerprint density at radius 2 is 1.50 bits per heavy atom. The fraction of sp³-hybridized carbons (Fsp3) is 1.00. The highest BCUT2D eigenvalue weighted by molar-refractivity contribution is 8.49. The second kappa shape index (κ2) is 3.47. The third-order valence-corrected chi connectivity index (χ3v) is 6.13. The van der Waals surface area contributed by atoms with Gasteiger partial charge in [-0.15, -0.1) is 12.2 Å². The van der Waals surface area contributed by atoms with Crippen LogP contribution in [0.5, 0.6) is 0 Å². The summed E-state index contributed by atoms with van der Waals surface area (Å²) in [4.78, 5) is 0. The van der Waals surface area contributed by atoms with E-state index in [-0.39, 0.29) is 0 Å². The Balaban J connectivity index is 4.76. The molecule has 0 atom stereocenters. The molecule has 0 aliphatic carbocycles. The number of hydrogen-bond donors (Lipinski definition) is 1. The van der Waals surface area contributed by atoms with Gasteiger partial charge < -0.3 is 0 Å². The minimum Gasteiger partial charge on any atom is -0.285 e. The molecule has 0 aliphatic rings. The van der Waals surface area contributed by atoms with E-state index in [1.54, 1.807) is 0 Å². The molecule has 62 valence electrons. The van der Waals surface area contributed by atoms with Crippen molar-refractivity contribution in [3.63, 3.8) is 0 Å². The lowest BCUT2D eigenvalue weighted by Gasteiger charge is -2.12. The SMILES string of the molecule is CN=P(C)(C)N=P(C)(C)S. The van der Waals surface area contributed by atoms with Gasteiger partial charge in [0.05, 0.1) is 7.21 Å². The van der Waals surface area contributed by atoms with Gasteiger partial charge in [-0.25, -0.2) is 0 Å². The van der Waals surface area contributed by atoms with Crippen molar-refractivity contribution in [2.45, 2.75) is 0 Å². The molecule has 0 radical (unpaired) electrons. The smallest absolute Gasteiger partial charge is 0.0672 e. The fourth-order valence-corrected chi connectivity index (χ4v) is 6.94. The second-order valence-corrected chi connectivity index (χ2v) is 12.4. The molecule has 0 aromatic heterocycles. The summed E-state index contributed by atoms with van der Waals surface area (Å²) in [7, 11) is 0.512. The Morgan fingerprint density at radius 1 is 1.10 bits per heavy atom. The molecule has 0 aliphatic heterocycles.